The molecule has 0 spiro atoms. The third kappa shape index (κ3) is 2.06. The van der Waals surface area contributed by atoms with Crippen LogP contribution in [0.25, 0.3) is 0 Å². The van der Waals surface area contributed by atoms with Gasteiger partial charge < -0.3 is 5.73 Å². The molecule has 126 valence electrons. The fourth-order valence-electron chi connectivity index (χ4n) is 7.76. The Morgan fingerprint density at radius 3 is 2.36 bits per heavy atom. The van der Waals surface area contributed by atoms with Crippen LogP contribution in [0.1, 0.15) is 85.0 Å². The van der Waals surface area contributed by atoms with Gasteiger partial charge in [0.1, 0.15) is 0 Å². The van der Waals surface area contributed by atoms with Crippen molar-refractivity contribution in [3.63, 3.8) is 0 Å². The zero-order valence-corrected chi connectivity index (χ0v) is 15.1. The van der Waals surface area contributed by atoms with Gasteiger partial charge in [-0.2, -0.15) is 0 Å². The van der Waals surface area contributed by atoms with Gasteiger partial charge in [0, 0.05) is 6.04 Å². The lowest BCUT2D eigenvalue weighted by atomic mass is 9.49. The maximum atomic E-state index is 6.34. The first-order chi connectivity index (χ1) is 10.4. The Labute approximate surface area is 137 Å². The molecule has 0 saturated heterocycles. The lowest BCUT2D eigenvalue weighted by molar-refractivity contribution is -0.0665. The van der Waals surface area contributed by atoms with Gasteiger partial charge in [-0.1, -0.05) is 27.2 Å². The first kappa shape index (κ1) is 15.5. The smallest absolute Gasteiger partial charge is 0.00418 e. The Bertz CT molecular complexity index is 432. The topological polar surface area (TPSA) is 26.0 Å². The maximum absolute atomic E-state index is 6.34. The summed E-state index contributed by atoms with van der Waals surface area (Å²) in [6.07, 6.45) is 14.5. The van der Waals surface area contributed by atoms with E-state index in [1.807, 2.05) is 0 Å². The van der Waals surface area contributed by atoms with Gasteiger partial charge in [-0.05, 0) is 98.2 Å². The minimum Gasteiger partial charge on any atom is -0.328 e. The standard InChI is InChI=1S/C21H37N/c1-14-7-8-18-17-6-4-5-15-13-16(22)9-11-21(15,3)19(17)10-12-20(14,18)2/h14-19H,4-13,22H2,1-3H3. The van der Waals surface area contributed by atoms with Crippen molar-refractivity contribution in [2.24, 2.45) is 46.2 Å². The first-order valence-corrected chi connectivity index (χ1v) is 10.2. The summed E-state index contributed by atoms with van der Waals surface area (Å²) in [7, 11) is 0. The fourth-order valence-corrected chi connectivity index (χ4v) is 7.76. The Morgan fingerprint density at radius 1 is 0.818 bits per heavy atom. The zero-order valence-electron chi connectivity index (χ0n) is 15.1. The van der Waals surface area contributed by atoms with Gasteiger partial charge in [-0.3, -0.25) is 0 Å². The molecule has 0 heterocycles. The van der Waals surface area contributed by atoms with Crippen LogP contribution in [-0.2, 0) is 0 Å². The van der Waals surface area contributed by atoms with E-state index in [1.54, 1.807) is 0 Å². The van der Waals surface area contributed by atoms with E-state index in [0.29, 0.717) is 16.9 Å². The molecule has 4 fully saturated rings. The molecule has 0 radical (unpaired) electrons. The minimum absolute atomic E-state index is 0.495. The molecule has 0 aromatic carbocycles. The fraction of sp³-hybridized carbons (Fsp3) is 1.00. The summed E-state index contributed by atoms with van der Waals surface area (Å²) in [5.74, 6) is 4.97. The molecule has 0 bridgehead atoms. The van der Waals surface area contributed by atoms with E-state index < -0.39 is 0 Å². The van der Waals surface area contributed by atoms with Crippen molar-refractivity contribution in [1.29, 1.82) is 0 Å². The second kappa shape index (κ2) is 5.23. The normalized spacial score (nSPS) is 58.4. The van der Waals surface area contributed by atoms with Crippen LogP contribution in [0.5, 0.6) is 0 Å². The Hall–Kier alpha value is -0.0400. The molecule has 4 aliphatic rings. The number of hydrogen-bond donors (Lipinski definition) is 1. The van der Waals surface area contributed by atoms with Gasteiger partial charge in [-0.15, -0.1) is 0 Å². The molecule has 1 heteroatoms. The molecule has 4 rings (SSSR count). The number of fused-ring (bicyclic) bond motifs is 5. The van der Waals surface area contributed by atoms with E-state index in [-0.39, 0.29) is 0 Å². The Balaban J connectivity index is 1.65. The summed E-state index contributed by atoms with van der Waals surface area (Å²) in [4.78, 5) is 0. The summed E-state index contributed by atoms with van der Waals surface area (Å²) in [5, 5.41) is 0. The van der Waals surface area contributed by atoms with Crippen LogP contribution in [0.4, 0.5) is 0 Å². The second-order valence-electron chi connectivity index (χ2n) is 10.1. The molecule has 0 aromatic heterocycles. The largest absolute Gasteiger partial charge is 0.328 e. The highest BCUT2D eigenvalue weighted by molar-refractivity contribution is 5.07. The van der Waals surface area contributed by atoms with Gasteiger partial charge in [0.15, 0.2) is 0 Å². The molecule has 0 amide bonds. The third-order valence-electron chi connectivity index (χ3n) is 9.42. The van der Waals surface area contributed by atoms with Crippen LogP contribution < -0.4 is 5.73 Å². The van der Waals surface area contributed by atoms with E-state index in [4.69, 9.17) is 5.73 Å². The predicted octanol–water partition coefficient (Wildman–Crippen LogP) is 5.38. The van der Waals surface area contributed by atoms with Crippen LogP contribution in [-0.4, -0.2) is 6.04 Å². The van der Waals surface area contributed by atoms with Gasteiger partial charge in [0.05, 0.1) is 0 Å². The molecule has 0 aliphatic heterocycles. The molecule has 8 atom stereocenters. The highest BCUT2D eigenvalue weighted by Crippen LogP contribution is 2.66. The molecule has 0 aromatic rings. The molecule has 22 heavy (non-hydrogen) atoms. The lowest BCUT2D eigenvalue weighted by Gasteiger charge is -2.56. The number of hydrogen-bond acceptors (Lipinski definition) is 1. The molecule has 8 unspecified atom stereocenters. The number of rotatable bonds is 0. The highest BCUT2D eigenvalue weighted by atomic mass is 14.7. The average molecular weight is 304 g/mol. The summed E-state index contributed by atoms with van der Waals surface area (Å²) >= 11 is 0. The van der Waals surface area contributed by atoms with Gasteiger partial charge in [0.25, 0.3) is 0 Å². The van der Waals surface area contributed by atoms with E-state index in [2.05, 4.69) is 20.8 Å². The first-order valence-electron chi connectivity index (χ1n) is 10.2. The monoisotopic (exact) mass is 303 g/mol. The van der Waals surface area contributed by atoms with E-state index in [1.165, 1.54) is 64.2 Å². The van der Waals surface area contributed by atoms with E-state index >= 15 is 0 Å². The van der Waals surface area contributed by atoms with Crippen molar-refractivity contribution in [3.05, 3.63) is 0 Å². The molecule has 2 N–H and O–H groups in total. The summed E-state index contributed by atoms with van der Waals surface area (Å²) in [5.41, 5.74) is 7.63. The molecular formula is C21H37N. The molecule has 1 nitrogen and oxygen atoms in total. The van der Waals surface area contributed by atoms with Crippen molar-refractivity contribution in [2.45, 2.75) is 91.0 Å². The molecule has 4 saturated carbocycles. The van der Waals surface area contributed by atoms with Crippen LogP contribution in [0.2, 0.25) is 0 Å². The highest BCUT2D eigenvalue weighted by Gasteiger charge is 2.57. The maximum Gasteiger partial charge on any atom is 0.00418 e. The average Bonchev–Trinajstić information content (AvgIpc) is 2.70. The zero-order chi connectivity index (χ0) is 15.5. The van der Waals surface area contributed by atoms with Crippen LogP contribution in [0.3, 0.4) is 0 Å². The summed E-state index contributed by atoms with van der Waals surface area (Å²) in [6.45, 7) is 7.86. The molecular weight excluding hydrogens is 266 g/mol. The SMILES string of the molecule is CC1CCC2C3CCCC4CC(N)CCC4(C)C3CCC12C. The van der Waals surface area contributed by atoms with Crippen molar-refractivity contribution in [2.75, 3.05) is 0 Å². The Kier molecular flexibility index (Phi) is 3.68. The van der Waals surface area contributed by atoms with Crippen molar-refractivity contribution in [1.82, 2.24) is 0 Å². The minimum atomic E-state index is 0.495. The summed E-state index contributed by atoms with van der Waals surface area (Å²) < 4.78 is 0. The van der Waals surface area contributed by atoms with Crippen molar-refractivity contribution in [3.8, 4) is 0 Å². The van der Waals surface area contributed by atoms with Gasteiger partial charge in [0.2, 0.25) is 0 Å². The second-order valence-corrected chi connectivity index (χ2v) is 10.1. The van der Waals surface area contributed by atoms with Crippen molar-refractivity contribution >= 4 is 0 Å². The summed E-state index contributed by atoms with van der Waals surface area (Å²) in [6, 6.07) is 0.495. The van der Waals surface area contributed by atoms with Gasteiger partial charge >= 0.3 is 0 Å². The van der Waals surface area contributed by atoms with Crippen molar-refractivity contribution < 1.29 is 0 Å². The van der Waals surface area contributed by atoms with Crippen LogP contribution in [0.15, 0.2) is 0 Å². The number of nitrogens with two attached hydrogens (primary N) is 1. The third-order valence-corrected chi connectivity index (χ3v) is 9.42. The van der Waals surface area contributed by atoms with Gasteiger partial charge in [-0.25, -0.2) is 0 Å². The van der Waals surface area contributed by atoms with E-state index in [9.17, 15) is 0 Å². The lowest BCUT2D eigenvalue weighted by Crippen LogP contribution is -2.50. The van der Waals surface area contributed by atoms with E-state index in [0.717, 1.165) is 29.6 Å². The van der Waals surface area contributed by atoms with Crippen LogP contribution in [0, 0.1) is 40.4 Å². The quantitative estimate of drug-likeness (QED) is 0.638. The Morgan fingerprint density at radius 2 is 1.55 bits per heavy atom. The predicted molar refractivity (Wildman–Crippen MR) is 93.5 cm³/mol. The molecule has 4 aliphatic carbocycles. The van der Waals surface area contributed by atoms with Crippen LogP contribution >= 0.6 is 0 Å².